The van der Waals surface area contributed by atoms with Crippen LogP contribution in [0, 0.1) is 24.2 Å². The highest BCUT2D eigenvalue weighted by atomic mass is 33.1. The zero-order chi connectivity index (χ0) is 92.4. The Hall–Kier alpha value is -9.98. The van der Waals surface area contributed by atoms with Gasteiger partial charge in [-0.2, -0.15) is 19.2 Å². The smallest absolute Gasteiger partial charge is 0.407 e. The van der Waals surface area contributed by atoms with Crippen molar-refractivity contribution in [3.05, 3.63) is 134 Å². The highest BCUT2D eigenvalue weighted by Gasteiger charge is 2.78. The van der Waals surface area contributed by atoms with Crippen LogP contribution in [0.5, 0.6) is 5.75 Å². The number of carboxylic acid groups (broad SMARTS) is 2. The number of unbranched alkanes of at least 4 members (excludes halogenated alkanes) is 6. The maximum absolute atomic E-state index is 15.4. The summed E-state index contributed by atoms with van der Waals surface area (Å²) in [6.07, 6.45) is 7.01. The number of benzene rings is 3. The summed E-state index contributed by atoms with van der Waals surface area (Å²) in [6.45, 7) is 10.4. The second-order valence-corrected chi connectivity index (χ2v) is 37.4. The van der Waals surface area contributed by atoms with Gasteiger partial charge in [0.2, 0.25) is 11.8 Å². The average Bonchev–Trinajstić information content (AvgIpc) is 1.45. The fourth-order valence-electron chi connectivity index (χ4n) is 20.6. The van der Waals surface area contributed by atoms with Crippen LogP contribution in [-0.2, 0) is 92.2 Å². The molecule has 692 valence electrons. The van der Waals surface area contributed by atoms with E-state index in [1.807, 2.05) is 55.3 Å². The Kier molecular flexibility index (Phi) is 34.0. The molecule has 7 aliphatic rings. The highest BCUT2D eigenvalue weighted by molar-refractivity contribution is 8.76. The molecule has 16 atom stereocenters. The number of carboxylic acids is 2. The van der Waals surface area contributed by atoms with Crippen LogP contribution in [0.2, 0.25) is 0 Å². The predicted octanol–water partition coefficient (Wildman–Crippen LogP) is 6.10. The Bertz CT molecular complexity index is 5130. The first-order valence-corrected chi connectivity index (χ1v) is 46.3. The van der Waals surface area contributed by atoms with Gasteiger partial charge in [-0.3, -0.25) is 43.4 Å². The normalized spacial score (nSPS) is 26.4. The number of aromatic amines is 2. The number of aliphatic hydroxyl groups excluding tert-OH is 3. The number of amides is 3. The number of rotatable bonds is 40. The number of aliphatic hydroxyl groups is 5. The summed E-state index contributed by atoms with van der Waals surface area (Å²) in [7, 11) is 5.82. The van der Waals surface area contributed by atoms with Crippen molar-refractivity contribution in [2.45, 2.75) is 233 Å². The number of piperidine rings is 1. The minimum absolute atomic E-state index is 0.0721. The summed E-state index contributed by atoms with van der Waals surface area (Å²) < 4.78 is 23.0. The number of H-pyrrole nitrogens is 2. The summed E-state index contributed by atoms with van der Waals surface area (Å²) in [5, 5.41) is 87.9. The van der Waals surface area contributed by atoms with Crippen molar-refractivity contribution in [2.75, 3.05) is 89.6 Å². The second kappa shape index (κ2) is 44.1. The van der Waals surface area contributed by atoms with Crippen LogP contribution in [0.3, 0.4) is 0 Å². The first-order chi connectivity index (χ1) is 61.3. The van der Waals surface area contributed by atoms with Crippen molar-refractivity contribution in [3.63, 3.8) is 0 Å². The molecule has 2 bridgehead atoms. The van der Waals surface area contributed by atoms with Crippen LogP contribution in [0.1, 0.15) is 186 Å². The minimum atomic E-state index is -2.46. The number of nitrogens with one attached hydrogen (secondary N) is 5. The van der Waals surface area contributed by atoms with Crippen LogP contribution >= 0.6 is 21.6 Å². The molecule has 0 radical (unpaired) electrons. The van der Waals surface area contributed by atoms with Gasteiger partial charge in [-0.1, -0.05) is 116 Å². The quantitative estimate of drug-likeness (QED) is 0.00895. The number of aromatic nitrogens is 5. The molecule has 35 nitrogen and oxygen atoms in total. The number of hydrogen-bond donors (Lipinski definition) is 12. The molecule has 13 rings (SSSR count). The third-order valence-corrected chi connectivity index (χ3v) is 29.1. The first-order valence-electron chi connectivity index (χ1n) is 43.8. The van der Waals surface area contributed by atoms with Gasteiger partial charge >= 0.3 is 30.3 Å². The molecule has 3 aromatic carbocycles. The molecule has 5 unspecified atom stereocenters. The lowest BCUT2D eigenvalue weighted by atomic mass is 9.47. The monoisotopic (exact) mass is 1810 g/mol. The van der Waals surface area contributed by atoms with Gasteiger partial charge in [-0.05, 0) is 132 Å². The Labute approximate surface area is 748 Å². The number of carbonyl (C=O) groups excluding carboxylic acids is 10. The second-order valence-electron chi connectivity index (χ2n) is 34.7. The number of aliphatic carboxylic acids is 2. The first kappa shape index (κ1) is 98.6. The molecule has 4 fully saturated rings. The SMILES string of the molecule is CC[C@]1(O)CC2CN(CCc3c([nH]c4ccccc34)[C@@](C)(c3cc4c(cc3OC)N(C)[C@H]3[C@@](O)(C(=O)CNC(=O)OCCSSC[C@@H](CC(=O)[C@H](CNC(=O)CCCCCCCCOC5C[C@@H](O)C(O)C(C(=O)O)O5)NC(=O)CCCCC(=O)c5ccc(CCc6cnc7nc(C)[nH]c(=O)c7n6)cc5)C(=O)O)[C@H](O)[C@]5(CC)C=CCN6CC[C@]43[C@@H]65)C2)C1.O=C=O.O=C=O. The number of Topliss-reactive ketones (excluding diaryl/α,β-unsaturated/α-hetero) is 3. The highest BCUT2D eigenvalue weighted by Crippen LogP contribution is 2.68. The van der Waals surface area contributed by atoms with Crippen molar-refractivity contribution in [1.82, 2.24) is 50.7 Å². The van der Waals surface area contributed by atoms with Gasteiger partial charge in [0.15, 0.2) is 46.5 Å². The van der Waals surface area contributed by atoms with E-state index in [9.17, 15) is 74.1 Å². The summed E-state index contributed by atoms with van der Waals surface area (Å²) in [5.41, 5.74) is 1.95. The van der Waals surface area contributed by atoms with Crippen LogP contribution in [-0.4, -0.2) is 275 Å². The van der Waals surface area contributed by atoms with Crippen LogP contribution in [0.15, 0.2) is 83.8 Å². The van der Waals surface area contributed by atoms with E-state index < -0.39 is 131 Å². The average molecular weight is 1810 g/mol. The number of ether oxygens (including phenoxy) is 4. The van der Waals surface area contributed by atoms with E-state index in [2.05, 4.69) is 88.8 Å². The largest absolute Gasteiger partial charge is 0.496 e. The Morgan fingerprint density at radius 2 is 1.52 bits per heavy atom. The zero-order valence-corrected chi connectivity index (χ0v) is 74.6. The molecule has 1 spiro atoms. The van der Waals surface area contributed by atoms with E-state index in [0.717, 1.165) is 88.5 Å². The number of ketones is 3. The number of fused-ring (bicyclic) bond motifs is 7. The molecule has 6 aromatic rings. The zero-order valence-electron chi connectivity index (χ0n) is 73.0. The van der Waals surface area contributed by atoms with E-state index >= 15 is 4.79 Å². The number of alkyl carbamates (subject to hydrolysis) is 1. The van der Waals surface area contributed by atoms with Gasteiger partial charge in [-0.25, -0.2) is 24.5 Å². The lowest BCUT2D eigenvalue weighted by Crippen LogP contribution is -2.81. The topological polar surface area (TPSA) is 516 Å². The van der Waals surface area contributed by atoms with Crippen molar-refractivity contribution >= 4 is 109 Å². The van der Waals surface area contributed by atoms with Gasteiger partial charge in [0.1, 0.15) is 36.4 Å². The summed E-state index contributed by atoms with van der Waals surface area (Å²) >= 11 is 0. The van der Waals surface area contributed by atoms with Crippen molar-refractivity contribution in [2.24, 2.45) is 17.3 Å². The molecule has 3 amide bonds. The summed E-state index contributed by atoms with van der Waals surface area (Å²) in [6, 6.07) is 17.2. The van der Waals surface area contributed by atoms with E-state index in [1.165, 1.54) is 16.4 Å². The van der Waals surface area contributed by atoms with Crippen molar-refractivity contribution in [3.8, 4) is 5.75 Å². The van der Waals surface area contributed by atoms with E-state index in [4.69, 9.17) is 38.1 Å². The number of aryl methyl sites for hydroxylation is 3. The van der Waals surface area contributed by atoms with Gasteiger partial charge < -0.3 is 85.5 Å². The fourth-order valence-corrected chi connectivity index (χ4v) is 22.7. The van der Waals surface area contributed by atoms with Crippen LogP contribution in [0.4, 0.5) is 10.5 Å². The Morgan fingerprint density at radius 3 is 2.23 bits per heavy atom. The maximum Gasteiger partial charge on any atom is 0.407 e. The van der Waals surface area contributed by atoms with Gasteiger partial charge in [-0.15, -0.1) is 0 Å². The number of nitrogens with zero attached hydrogens (tertiary/aromatic N) is 6. The molecular formula is C91H117N11O24S2. The van der Waals surface area contributed by atoms with Gasteiger partial charge in [0, 0.05) is 152 Å². The third-order valence-electron chi connectivity index (χ3n) is 26.7. The van der Waals surface area contributed by atoms with Gasteiger partial charge in [0.25, 0.3) is 5.56 Å². The van der Waals surface area contributed by atoms with Crippen LogP contribution < -0.4 is 31.1 Å². The van der Waals surface area contributed by atoms with Crippen LogP contribution in [0.25, 0.3) is 22.1 Å². The minimum Gasteiger partial charge on any atom is -0.496 e. The summed E-state index contributed by atoms with van der Waals surface area (Å²) in [4.78, 5) is 179. The number of carbonyl (C=O) groups is 8. The summed E-state index contributed by atoms with van der Waals surface area (Å²) in [5.74, 6) is -5.22. The molecule has 1 aliphatic carbocycles. The van der Waals surface area contributed by atoms with E-state index in [1.54, 1.807) is 32.4 Å². The molecule has 128 heavy (non-hydrogen) atoms. The number of hydrogen-bond acceptors (Lipinski definition) is 30. The number of methoxy groups -OCH3 is 1. The molecule has 3 aromatic heterocycles. The van der Waals surface area contributed by atoms with Gasteiger partial charge in [0.05, 0.1) is 49.2 Å². The third kappa shape index (κ3) is 22.0. The van der Waals surface area contributed by atoms with E-state index in [-0.39, 0.29) is 110 Å². The Morgan fingerprint density at radius 1 is 0.805 bits per heavy atom. The Balaban J connectivity index is 0.00000257. The molecule has 37 heteroatoms. The lowest BCUT2D eigenvalue weighted by Gasteiger charge is -2.63. The molecular weight excluding hydrogens is 1700 g/mol. The lowest BCUT2D eigenvalue weighted by molar-refractivity contribution is -0.252. The molecule has 3 saturated heterocycles. The number of anilines is 1. The molecule has 12 N–H and O–H groups in total. The predicted molar refractivity (Wildman–Crippen MR) is 468 cm³/mol. The molecule has 1 saturated carbocycles. The molecule has 6 aliphatic heterocycles. The standard InChI is InChI=1S/C89H117N11O20S2.2CO2/c1-7-86(115)45-54-44-85(4,76-59(31-35-99(49-54)51-86)58-20-14-15-21-62(58)97-76)61-41-60-64(42-68(61)117-6)98(5)82-88(60)33-36-100-34-19-32-87(8-2,81(88)100)83(113)89(82,116)69(104)48-92-84(114)119-38-39-121-122-50-56(79(109)110)40-66(102)63(47-90-70(105)23-13-11-9-10-12-18-37-118-72-43-67(103)74(107)75(120-72)80(111)112)96-71(106)24-17-16-22-65(101)55-28-25-53(26-29-55)27-30-57-46-91-77-73(95-57)78(108)94-52(3)93-77;2*2-1-3/h14-15,19-21,25-26,28-29,32,41-42,46,54,56,63,67,72,74-75,81-83,97,103,107,113,115-116H,7-13,16-18,22-24,27,30-31,33-40,43-45,47-51H2,1-6H3,(H,90,105)(H,92,114)(H,96,106)(H,109,110)(H,111,112)(H,91,93,94,108);;/t54?,56-,63+,67-,72?,74?,75?,81+,82-,83-,85-,86+,87-,88-,89+;;/m1../s1. The fraction of sp³-hybridized carbons (Fsp3) is 0.582. The molecule has 9 heterocycles. The van der Waals surface area contributed by atoms with E-state index in [0.29, 0.717) is 113 Å². The number of likely N-dealkylation sites (N-methyl/N-ethyl adjacent to an activating group) is 1. The maximum atomic E-state index is 15.4. The van der Waals surface area contributed by atoms with Crippen molar-refractivity contribution in [1.29, 1.82) is 0 Å². The number of para-hydroxylation sites is 1. The van der Waals surface area contributed by atoms with Crippen molar-refractivity contribution < 1.29 is 112 Å².